The highest BCUT2D eigenvalue weighted by Gasteiger charge is 1.95. The van der Waals surface area contributed by atoms with Gasteiger partial charge in [0, 0.05) is 13.2 Å². The second-order valence-corrected chi connectivity index (χ2v) is 10.0. The van der Waals surface area contributed by atoms with Gasteiger partial charge < -0.3 is 10.9 Å². The third kappa shape index (κ3) is 49.8. The minimum atomic E-state index is -4.67. The number of hydrogen-bond acceptors (Lipinski definition) is 4. The SMILES string of the molecule is CCCCCCCCCCCCCOCCCCCCCCCCCCC.N.O=S(=O)(O)O. The molecule has 0 saturated carbocycles. The van der Waals surface area contributed by atoms with Gasteiger partial charge in [0.25, 0.3) is 0 Å². The number of ether oxygens (including phenoxy) is 1. The Morgan fingerprint density at radius 2 is 0.636 bits per heavy atom. The summed E-state index contributed by atoms with van der Waals surface area (Å²) in [7, 11) is -4.67. The summed E-state index contributed by atoms with van der Waals surface area (Å²) in [5, 5.41) is 0. The van der Waals surface area contributed by atoms with E-state index in [0.29, 0.717) is 0 Å². The van der Waals surface area contributed by atoms with E-state index in [2.05, 4.69) is 13.8 Å². The van der Waals surface area contributed by atoms with Crippen LogP contribution in [-0.2, 0) is 15.1 Å². The normalized spacial score (nSPS) is 11.0. The molecule has 0 rings (SSSR count). The van der Waals surface area contributed by atoms with Crippen LogP contribution in [0.4, 0.5) is 0 Å². The first kappa shape index (κ1) is 37.3. The molecule has 0 aliphatic rings. The zero-order valence-corrected chi connectivity index (χ0v) is 23.0. The predicted molar refractivity (Wildman–Crippen MR) is 143 cm³/mol. The van der Waals surface area contributed by atoms with Crippen LogP contribution in [0.3, 0.4) is 0 Å². The van der Waals surface area contributed by atoms with E-state index >= 15 is 0 Å². The summed E-state index contributed by atoms with van der Waals surface area (Å²) in [6, 6.07) is 0. The van der Waals surface area contributed by atoms with Gasteiger partial charge in [0.1, 0.15) is 0 Å². The lowest BCUT2D eigenvalue weighted by atomic mass is 10.1. The van der Waals surface area contributed by atoms with Gasteiger partial charge in [-0.15, -0.1) is 0 Å². The summed E-state index contributed by atoms with van der Waals surface area (Å²) in [5.41, 5.74) is 0. The highest BCUT2D eigenvalue weighted by atomic mass is 32.3. The van der Waals surface area contributed by atoms with Crippen molar-refractivity contribution in [3.8, 4) is 0 Å². The van der Waals surface area contributed by atoms with Gasteiger partial charge in [-0.3, -0.25) is 9.11 Å². The van der Waals surface area contributed by atoms with Crippen molar-refractivity contribution in [3.05, 3.63) is 0 Å². The monoisotopic (exact) mass is 497 g/mol. The van der Waals surface area contributed by atoms with Gasteiger partial charge in [-0.05, 0) is 12.8 Å². The molecule has 0 aliphatic heterocycles. The number of unbranched alkanes of at least 4 members (excludes halogenated alkanes) is 20. The smallest absolute Gasteiger partial charge is 0.381 e. The van der Waals surface area contributed by atoms with Crippen LogP contribution in [0.2, 0.25) is 0 Å². The average molecular weight is 498 g/mol. The molecular formula is C26H59NO5S. The first-order chi connectivity index (χ1) is 15.4. The zero-order valence-electron chi connectivity index (χ0n) is 22.2. The van der Waals surface area contributed by atoms with Crippen LogP contribution in [-0.4, -0.2) is 30.7 Å². The van der Waals surface area contributed by atoms with E-state index < -0.39 is 10.4 Å². The van der Waals surface area contributed by atoms with Gasteiger partial charge in [-0.25, -0.2) is 0 Å². The molecule has 0 bridgehead atoms. The van der Waals surface area contributed by atoms with Crippen molar-refractivity contribution in [1.82, 2.24) is 6.15 Å². The molecule has 0 aromatic heterocycles. The Bertz CT molecular complexity index is 400. The Hall–Kier alpha value is -0.210. The van der Waals surface area contributed by atoms with Crippen LogP contribution in [0.1, 0.15) is 155 Å². The highest BCUT2D eigenvalue weighted by Crippen LogP contribution is 2.12. The van der Waals surface area contributed by atoms with Gasteiger partial charge in [0.15, 0.2) is 0 Å². The summed E-state index contributed by atoms with van der Waals surface area (Å²) < 4.78 is 37.4. The van der Waals surface area contributed by atoms with Crippen molar-refractivity contribution < 1.29 is 22.3 Å². The maximum atomic E-state index is 8.74. The van der Waals surface area contributed by atoms with Crippen LogP contribution < -0.4 is 6.15 Å². The van der Waals surface area contributed by atoms with Gasteiger partial charge in [-0.1, -0.05) is 142 Å². The maximum Gasteiger partial charge on any atom is 0.394 e. The topological polar surface area (TPSA) is 119 Å². The standard InChI is InChI=1S/C26H54O.H3N.H2O4S/c1-3-5-7-9-11-13-15-17-19-21-23-25-27-26-24-22-20-18-16-14-12-10-8-6-4-2;;1-5(2,3)4/h3-26H2,1-2H3;1H3;(H2,1,2,3,4). The van der Waals surface area contributed by atoms with Crippen LogP contribution >= 0.6 is 0 Å². The second-order valence-electron chi connectivity index (χ2n) is 9.13. The van der Waals surface area contributed by atoms with Crippen LogP contribution in [0.25, 0.3) is 0 Å². The van der Waals surface area contributed by atoms with E-state index in [-0.39, 0.29) is 6.15 Å². The Kier molecular flexibility index (Phi) is 36.0. The molecule has 0 unspecified atom stereocenters. The fourth-order valence-corrected chi connectivity index (χ4v) is 3.84. The maximum absolute atomic E-state index is 8.74. The number of hydrogen-bond donors (Lipinski definition) is 3. The Morgan fingerprint density at radius 3 is 0.848 bits per heavy atom. The van der Waals surface area contributed by atoms with Crippen LogP contribution in [0.5, 0.6) is 0 Å². The number of rotatable bonds is 24. The lowest BCUT2D eigenvalue weighted by molar-refractivity contribution is 0.125. The summed E-state index contributed by atoms with van der Waals surface area (Å²) >= 11 is 0. The Labute approximate surface area is 207 Å². The van der Waals surface area contributed by atoms with Crippen LogP contribution in [0, 0.1) is 0 Å². The molecule has 0 saturated heterocycles. The van der Waals surface area contributed by atoms with E-state index in [4.69, 9.17) is 22.3 Å². The average Bonchev–Trinajstić information content (AvgIpc) is 2.73. The third-order valence-electron chi connectivity index (χ3n) is 5.78. The molecule has 0 fully saturated rings. The van der Waals surface area contributed by atoms with Crippen molar-refractivity contribution in [3.63, 3.8) is 0 Å². The molecule has 0 aromatic carbocycles. The highest BCUT2D eigenvalue weighted by molar-refractivity contribution is 7.79. The molecule has 204 valence electrons. The van der Waals surface area contributed by atoms with Gasteiger partial charge in [-0.2, -0.15) is 8.42 Å². The molecular weight excluding hydrogens is 438 g/mol. The molecule has 0 heterocycles. The molecule has 0 atom stereocenters. The van der Waals surface area contributed by atoms with E-state index in [0.717, 1.165) is 13.2 Å². The Balaban J connectivity index is -0.00000134. The van der Waals surface area contributed by atoms with Crippen molar-refractivity contribution >= 4 is 10.4 Å². The summed E-state index contributed by atoms with van der Waals surface area (Å²) in [6.07, 6.45) is 31.1. The second kappa shape index (κ2) is 31.8. The van der Waals surface area contributed by atoms with Crippen molar-refractivity contribution in [2.24, 2.45) is 0 Å². The first-order valence-electron chi connectivity index (χ1n) is 13.7. The fraction of sp³-hybridized carbons (Fsp3) is 1.00. The fourth-order valence-electron chi connectivity index (χ4n) is 3.84. The first-order valence-corrected chi connectivity index (χ1v) is 15.1. The van der Waals surface area contributed by atoms with E-state index in [1.807, 2.05) is 0 Å². The lowest BCUT2D eigenvalue weighted by Crippen LogP contribution is -1.97. The van der Waals surface area contributed by atoms with Gasteiger partial charge >= 0.3 is 10.4 Å². The molecule has 6 nitrogen and oxygen atoms in total. The van der Waals surface area contributed by atoms with E-state index in [9.17, 15) is 0 Å². The quantitative estimate of drug-likeness (QED) is 0.0903. The summed E-state index contributed by atoms with van der Waals surface area (Å²) in [4.78, 5) is 0. The van der Waals surface area contributed by atoms with E-state index in [1.165, 1.54) is 141 Å². The molecule has 7 heteroatoms. The molecule has 0 aromatic rings. The molecule has 5 N–H and O–H groups in total. The summed E-state index contributed by atoms with van der Waals surface area (Å²) in [6.45, 7) is 6.58. The van der Waals surface area contributed by atoms with Gasteiger partial charge in [0.05, 0.1) is 0 Å². The predicted octanol–water partition coefficient (Wildman–Crippen LogP) is 9.13. The van der Waals surface area contributed by atoms with Crippen molar-refractivity contribution in [2.75, 3.05) is 13.2 Å². The largest absolute Gasteiger partial charge is 0.394 e. The molecule has 0 aliphatic carbocycles. The molecule has 0 radical (unpaired) electrons. The van der Waals surface area contributed by atoms with Gasteiger partial charge in [0.2, 0.25) is 0 Å². The molecule has 33 heavy (non-hydrogen) atoms. The Morgan fingerprint density at radius 1 is 0.455 bits per heavy atom. The lowest BCUT2D eigenvalue weighted by Gasteiger charge is -2.05. The van der Waals surface area contributed by atoms with Crippen molar-refractivity contribution in [1.29, 1.82) is 0 Å². The zero-order chi connectivity index (χ0) is 24.2. The van der Waals surface area contributed by atoms with E-state index in [1.54, 1.807) is 0 Å². The minimum absolute atomic E-state index is 0. The summed E-state index contributed by atoms with van der Waals surface area (Å²) in [5.74, 6) is 0. The molecule has 0 amide bonds. The third-order valence-corrected chi connectivity index (χ3v) is 5.78. The molecule has 0 spiro atoms. The van der Waals surface area contributed by atoms with Crippen molar-refractivity contribution in [2.45, 2.75) is 155 Å². The minimum Gasteiger partial charge on any atom is -0.381 e. The van der Waals surface area contributed by atoms with Crippen LogP contribution in [0.15, 0.2) is 0 Å².